The van der Waals surface area contributed by atoms with E-state index in [0.717, 1.165) is 61.8 Å². The number of aliphatic hydroxyl groups is 1. The van der Waals surface area contributed by atoms with Crippen LogP contribution in [-0.4, -0.2) is 58.4 Å². The van der Waals surface area contributed by atoms with Crippen molar-refractivity contribution >= 4 is 33.3 Å². The zero-order valence-corrected chi connectivity index (χ0v) is 19.1. The maximum absolute atomic E-state index is 13.4. The van der Waals surface area contributed by atoms with Gasteiger partial charge in [-0.05, 0) is 57.2 Å². The van der Waals surface area contributed by atoms with Crippen LogP contribution in [0.5, 0.6) is 0 Å². The molecule has 1 unspecified atom stereocenters. The minimum absolute atomic E-state index is 0.178. The monoisotopic (exact) mass is 454 g/mol. The van der Waals surface area contributed by atoms with Crippen LogP contribution in [0.25, 0.3) is 20.8 Å². The zero-order valence-electron chi connectivity index (χ0n) is 18.3. The zero-order chi connectivity index (χ0) is 22.1. The second-order valence-electron chi connectivity index (χ2n) is 8.86. The SMILES string of the molecule is CN(c1nc(NC2CCCNC2)c(-c2nc3ccccc3s2)c(=O)[nH]1)C1CCC(O)CC1. The number of piperidine rings is 1. The molecule has 9 heteroatoms. The van der Waals surface area contributed by atoms with Gasteiger partial charge in [-0.2, -0.15) is 4.98 Å². The number of benzene rings is 1. The molecule has 32 heavy (non-hydrogen) atoms. The molecule has 5 rings (SSSR count). The number of rotatable bonds is 5. The van der Waals surface area contributed by atoms with E-state index in [9.17, 15) is 9.90 Å². The first-order valence-corrected chi connectivity index (χ1v) is 12.3. The topological polar surface area (TPSA) is 106 Å². The number of nitrogens with zero attached hydrogens (tertiary/aromatic N) is 3. The molecule has 1 aromatic carbocycles. The van der Waals surface area contributed by atoms with Gasteiger partial charge in [-0.1, -0.05) is 12.1 Å². The molecule has 1 saturated carbocycles. The second-order valence-corrected chi connectivity index (χ2v) is 9.89. The lowest BCUT2D eigenvalue weighted by atomic mass is 9.92. The fourth-order valence-electron chi connectivity index (χ4n) is 4.70. The number of nitrogens with one attached hydrogen (secondary N) is 3. The van der Waals surface area contributed by atoms with E-state index in [4.69, 9.17) is 9.97 Å². The molecular formula is C23H30N6O2S. The Hall–Kier alpha value is -2.49. The van der Waals surface area contributed by atoms with Gasteiger partial charge in [0.1, 0.15) is 16.4 Å². The van der Waals surface area contributed by atoms with E-state index in [1.54, 1.807) is 0 Å². The molecule has 2 aliphatic rings. The highest BCUT2D eigenvalue weighted by Crippen LogP contribution is 2.33. The normalized spacial score (nSPS) is 23.9. The van der Waals surface area contributed by atoms with Gasteiger partial charge in [-0.3, -0.25) is 9.78 Å². The second kappa shape index (κ2) is 9.17. The quantitative estimate of drug-likeness (QED) is 0.470. The van der Waals surface area contributed by atoms with Crippen molar-refractivity contribution < 1.29 is 5.11 Å². The molecular weight excluding hydrogens is 424 g/mol. The smallest absolute Gasteiger partial charge is 0.264 e. The molecule has 3 aromatic rings. The molecule has 8 nitrogen and oxygen atoms in total. The number of fused-ring (bicyclic) bond motifs is 1. The maximum atomic E-state index is 13.4. The molecule has 1 aliphatic carbocycles. The largest absolute Gasteiger partial charge is 0.393 e. The Kier molecular flexibility index (Phi) is 6.12. The maximum Gasteiger partial charge on any atom is 0.264 e. The Labute approximate surface area is 191 Å². The van der Waals surface area contributed by atoms with Crippen LogP contribution in [0.1, 0.15) is 38.5 Å². The van der Waals surface area contributed by atoms with Crippen molar-refractivity contribution in [1.29, 1.82) is 0 Å². The number of aromatic nitrogens is 3. The first-order valence-electron chi connectivity index (χ1n) is 11.5. The summed E-state index contributed by atoms with van der Waals surface area (Å²) >= 11 is 1.52. The molecule has 0 spiro atoms. The molecule has 170 valence electrons. The van der Waals surface area contributed by atoms with Crippen LogP contribution in [0.3, 0.4) is 0 Å². The third kappa shape index (κ3) is 4.37. The van der Waals surface area contributed by atoms with E-state index in [1.165, 1.54) is 11.3 Å². The molecule has 1 saturated heterocycles. The van der Waals surface area contributed by atoms with Gasteiger partial charge in [-0.15, -0.1) is 11.3 Å². The molecule has 4 N–H and O–H groups in total. The minimum atomic E-state index is -0.218. The summed E-state index contributed by atoms with van der Waals surface area (Å²) in [6.45, 7) is 1.87. The molecule has 2 aromatic heterocycles. The van der Waals surface area contributed by atoms with Gasteiger partial charge in [0.25, 0.3) is 5.56 Å². The number of H-pyrrole nitrogens is 1. The molecule has 2 fully saturated rings. The van der Waals surface area contributed by atoms with Crippen LogP contribution in [0.4, 0.5) is 11.8 Å². The lowest BCUT2D eigenvalue weighted by Crippen LogP contribution is -2.40. The lowest BCUT2D eigenvalue weighted by Gasteiger charge is -2.33. The molecule has 1 atom stereocenters. The van der Waals surface area contributed by atoms with Crippen molar-refractivity contribution in [1.82, 2.24) is 20.3 Å². The van der Waals surface area contributed by atoms with E-state index >= 15 is 0 Å². The van der Waals surface area contributed by atoms with Crippen molar-refractivity contribution in [2.45, 2.75) is 56.7 Å². The molecule has 3 heterocycles. The summed E-state index contributed by atoms with van der Waals surface area (Å²) in [6, 6.07) is 8.40. The van der Waals surface area contributed by atoms with Gasteiger partial charge in [0.05, 0.1) is 16.3 Å². The highest BCUT2D eigenvalue weighted by molar-refractivity contribution is 7.21. The fourth-order valence-corrected chi connectivity index (χ4v) is 5.71. The summed E-state index contributed by atoms with van der Waals surface area (Å²) < 4.78 is 1.05. The van der Waals surface area contributed by atoms with Crippen molar-refractivity contribution in [3.8, 4) is 10.6 Å². The molecule has 1 aliphatic heterocycles. The van der Waals surface area contributed by atoms with Crippen LogP contribution in [0, 0.1) is 0 Å². The number of anilines is 2. The van der Waals surface area contributed by atoms with E-state index in [1.807, 2.05) is 31.3 Å². The highest BCUT2D eigenvalue weighted by Gasteiger charge is 2.27. The van der Waals surface area contributed by atoms with Crippen LogP contribution >= 0.6 is 11.3 Å². The van der Waals surface area contributed by atoms with Crippen LogP contribution < -0.4 is 21.1 Å². The summed E-state index contributed by atoms with van der Waals surface area (Å²) in [4.78, 5) is 28.1. The van der Waals surface area contributed by atoms with E-state index < -0.39 is 0 Å². The number of aliphatic hydroxyl groups excluding tert-OH is 1. The predicted octanol–water partition coefficient (Wildman–Crippen LogP) is 2.95. The molecule has 0 amide bonds. The van der Waals surface area contributed by atoms with Gasteiger partial charge < -0.3 is 20.6 Å². The first kappa shape index (κ1) is 21.4. The predicted molar refractivity (Wildman–Crippen MR) is 130 cm³/mol. The van der Waals surface area contributed by atoms with Crippen molar-refractivity contribution in [3.05, 3.63) is 34.6 Å². The summed E-state index contributed by atoms with van der Waals surface area (Å²) in [5.41, 5.74) is 1.22. The standard InChI is InChI=1S/C23H30N6O2S/c1-29(15-8-10-16(30)11-9-15)23-27-20(25-14-5-4-12-24-13-14)19(21(31)28-23)22-26-17-6-2-3-7-18(17)32-22/h2-3,6-7,14-16,24,30H,4-5,8-13H2,1H3,(H2,25,27,28,31). The van der Waals surface area contributed by atoms with Crippen LogP contribution in [-0.2, 0) is 0 Å². The number of para-hydroxylation sites is 1. The summed E-state index contributed by atoms with van der Waals surface area (Å²) in [5, 5.41) is 17.5. The highest BCUT2D eigenvalue weighted by atomic mass is 32.1. The third-order valence-corrected chi connectivity index (χ3v) is 7.65. The van der Waals surface area contributed by atoms with Crippen LogP contribution in [0.15, 0.2) is 29.1 Å². The molecule has 0 radical (unpaired) electrons. The van der Waals surface area contributed by atoms with E-state index in [0.29, 0.717) is 22.3 Å². The first-order chi connectivity index (χ1) is 15.6. The Morgan fingerprint density at radius 2 is 1.97 bits per heavy atom. The Morgan fingerprint density at radius 3 is 2.72 bits per heavy atom. The van der Waals surface area contributed by atoms with Crippen molar-refractivity contribution in [2.75, 3.05) is 30.4 Å². The van der Waals surface area contributed by atoms with Gasteiger partial charge in [0.15, 0.2) is 0 Å². The number of aromatic amines is 1. The van der Waals surface area contributed by atoms with Crippen molar-refractivity contribution in [3.63, 3.8) is 0 Å². The van der Waals surface area contributed by atoms with Gasteiger partial charge >= 0.3 is 0 Å². The number of hydrogen-bond acceptors (Lipinski definition) is 8. The minimum Gasteiger partial charge on any atom is -0.393 e. The summed E-state index contributed by atoms with van der Waals surface area (Å²) in [5.74, 6) is 1.16. The average Bonchev–Trinajstić information content (AvgIpc) is 3.23. The third-order valence-electron chi connectivity index (χ3n) is 6.60. The summed E-state index contributed by atoms with van der Waals surface area (Å²) in [7, 11) is 1.98. The lowest BCUT2D eigenvalue weighted by molar-refractivity contribution is 0.122. The number of thiazole rings is 1. The van der Waals surface area contributed by atoms with Crippen LogP contribution in [0.2, 0.25) is 0 Å². The number of hydrogen-bond donors (Lipinski definition) is 4. The van der Waals surface area contributed by atoms with Gasteiger partial charge in [0, 0.05) is 25.7 Å². The summed E-state index contributed by atoms with van der Waals surface area (Å²) in [6.07, 6.45) is 5.24. The van der Waals surface area contributed by atoms with E-state index in [-0.39, 0.29) is 23.7 Å². The molecule has 0 bridgehead atoms. The average molecular weight is 455 g/mol. The Morgan fingerprint density at radius 1 is 1.16 bits per heavy atom. The van der Waals surface area contributed by atoms with Gasteiger partial charge in [0.2, 0.25) is 5.95 Å². The Bertz CT molecular complexity index is 1100. The van der Waals surface area contributed by atoms with E-state index in [2.05, 4.69) is 20.5 Å². The fraction of sp³-hybridized carbons (Fsp3) is 0.522. The van der Waals surface area contributed by atoms with Crippen molar-refractivity contribution in [2.24, 2.45) is 0 Å². The van der Waals surface area contributed by atoms with Gasteiger partial charge in [-0.25, -0.2) is 4.98 Å². The Balaban J connectivity index is 1.53.